The Balaban J connectivity index is 1.51. The highest BCUT2D eigenvalue weighted by atomic mass is 19.3. The molecule has 1 amide bonds. The summed E-state index contributed by atoms with van der Waals surface area (Å²) in [5.41, 5.74) is 2.43. The number of carbonyl (C=O) groups excluding carboxylic acids is 4. The standard InChI is InChI=1S/C26H23F2NO7/c1-15-3-7-17(8-4-15)23(31)34-14-20-19(36-24(32)18-9-5-16(2)6-10-18)13-22(35-20)29-12-11-21(30)26(27,28)25(29)33/h3-12,19-20,22H,13-14H2,1-2H3/t19-,20+,22+/m0/s1. The molecule has 1 saturated heterocycles. The van der Waals surface area contributed by atoms with Crippen molar-refractivity contribution in [1.82, 2.24) is 4.90 Å². The van der Waals surface area contributed by atoms with Gasteiger partial charge in [-0.15, -0.1) is 0 Å². The van der Waals surface area contributed by atoms with Crippen LogP contribution in [0.4, 0.5) is 8.78 Å². The summed E-state index contributed by atoms with van der Waals surface area (Å²) in [6.07, 6.45) is -2.03. The summed E-state index contributed by atoms with van der Waals surface area (Å²) in [6, 6.07) is 13.2. The van der Waals surface area contributed by atoms with Gasteiger partial charge in [0, 0.05) is 18.7 Å². The number of hydrogen-bond donors (Lipinski definition) is 0. The van der Waals surface area contributed by atoms with Gasteiger partial charge in [0.2, 0.25) is 5.78 Å². The lowest BCUT2D eigenvalue weighted by atomic mass is 10.1. The van der Waals surface area contributed by atoms with Crippen LogP contribution in [0, 0.1) is 13.8 Å². The van der Waals surface area contributed by atoms with Crippen LogP contribution in [-0.2, 0) is 23.8 Å². The molecule has 0 unspecified atom stereocenters. The van der Waals surface area contributed by atoms with E-state index in [2.05, 4.69) is 0 Å². The molecular weight excluding hydrogens is 476 g/mol. The van der Waals surface area contributed by atoms with Crippen LogP contribution in [0.15, 0.2) is 60.8 Å². The van der Waals surface area contributed by atoms with Gasteiger partial charge in [-0.05, 0) is 38.1 Å². The number of allylic oxidation sites excluding steroid dienone is 1. The van der Waals surface area contributed by atoms with Gasteiger partial charge in [0.25, 0.3) is 0 Å². The zero-order chi connectivity index (χ0) is 26.0. The molecular formula is C26H23F2NO7. The zero-order valence-electron chi connectivity index (χ0n) is 19.5. The molecule has 10 heteroatoms. The van der Waals surface area contributed by atoms with Crippen LogP contribution in [0.5, 0.6) is 0 Å². The quantitative estimate of drug-likeness (QED) is 0.444. The molecule has 0 aromatic heterocycles. The van der Waals surface area contributed by atoms with E-state index < -0.39 is 48.0 Å². The maximum absolute atomic E-state index is 14.0. The van der Waals surface area contributed by atoms with Gasteiger partial charge in [-0.2, -0.15) is 8.78 Å². The summed E-state index contributed by atoms with van der Waals surface area (Å²) in [5, 5.41) is 0. The Kier molecular flexibility index (Phi) is 6.98. The first-order valence-corrected chi connectivity index (χ1v) is 11.2. The van der Waals surface area contributed by atoms with Crippen molar-refractivity contribution in [3.05, 3.63) is 83.1 Å². The molecule has 1 fully saturated rings. The van der Waals surface area contributed by atoms with Crippen molar-refractivity contribution in [2.24, 2.45) is 0 Å². The normalized spacial score (nSPS) is 23.0. The van der Waals surface area contributed by atoms with E-state index in [1.807, 2.05) is 13.8 Å². The van der Waals surface area contributed by atoms with Crippen LogP contribution < -0.4 is 0 Å². The average Bonchev–Trinajstić information content (AvgIpc) is 3.24. The van der Waals surface area contributed by atoms with Gasteiger partial charge in [-0.1, -0.05) is 35.4 Å². The van der Waals surface area contributed by atoms with Gasteiger partial charge in [-0.25, -0.2) is 9.59 Å². The molecule has 188 valence electrons. The van der Waals surface area contributed by atoms with E-state index in [1.54, 1.807) is 48.5 Å². The van der Waals surface area contributed by atoms with E-state index in [4.69, 9.17) is 14.2 Å². The predicted molar refractivity (Wildman–Crippen MR) is 121 cm³/mol. The number of rotatable bonds is 6. The first-order valence-electron chi connectivity index (χ1n) is 11.2. The van der Waals surface area contributed by atoms with Crippen molar-refractivity contribution in [3.63, 3.8) is 0 Å². The summed E-state index contributed by atoms with van der Waals surface area (Å²) in [7, 11) is 0. The number of amides is 1. The van der Waals surface area contributed by atoms with Crippen LogP contribution in [-0.4, -0.2) is 59.5 Å². The number of aryl methyl sites for hydroxylation is 2. The molecule has 2 aromatic carbocycles. The molecule has 0 radical (unpaired) electrons. The monoisotopic (exact) mass is 499 g/mol. The highest BCUT2D eigenvalue weighted by Gasteiger charge is 2.54. The van der Waals surface area contributed by atoms with Crippen LogP contribution in [0.3, 0.4) is 0 Å². The highest BCUT2D eigenvalue weighted by molar-refractivity contribution is 6.14. The first kappa shape index (κ1) is 25.2. The minimum absolute atomic E-state index is 0.176. The Morgan fingerprint density at radius 3 is 2.11 bits per heavy atom. The van der Waals surface area contributed by atoms with Gasteiger partial charge in [0.05, 0.1) is 11.1 Å². The number of nitrogens with zero attached hydrogens (tertiary/aromatic N) is 1. The molecule has 2 aromatic rings. The first-order chi connectivity index (χ1) is 17.1. The fraction of sp³-hybridized carbons (Fsp3) is 0.308. The Labute approximate surface area is 205 Å². The SMILES string of the molecule is Cc1ccc(C(=O)OC[C@H]2O[C@@H](N3C=CC(=O)C(F)(F)C3=O)C[C@@H]2OC(=O)c2ccc(C)cc2)cc1. The molecule has 3 atom stereocenters. The fourth-order valence-corrected chi connectivity index (χ4v) is 3.79. The third-order valence-electron chi connectivity index (χ3n) is 5.90. The van der Waals surface area contributed by atoms with Gasteiger partial charge < -0.3 is 14.2 Å². The smallest absolute Gasteiger partial charge is 0.386 e. The lowest BCUT2D eigenvalue weighted by Gasteiger charge is -2.30. The lowest BCUT2D eigenvalue weighted by Crippen LogP contribution is -2.52. The maximum atomic E-state index is 14.0. The van der Waals surface area contributed by atoms with E-state index in [9.17, 15) is 28.0 Å². The lowest BCUT2D eigenvalue weighted by molar-refractivity contribution is -0.172. The fourth-order valence-electron chi connectivity index (χ4n) is 3.79. The molecule has 0 N–H and O–H groups in total. The van der Waals surface area contributed by atoms with E-state index >= 15 is 0 Å². The topological polar surface area (TPSA) is 99.2 Å². The van der Waals surface area contributed by atoms with Gasteiger partial charge in [-0.3, -0.25) is 14.5 Å². The van der Waals surface area contributed by atoms with Gasteiger partial charge >= 0.3 is 23.8 Å². The van der Waals surface area contributed by atoms with Crippen molar-refractivity contribution in [2.45, 2.75) is 44.6 Å². The second kappa shape index (κ2) is 9.98. The van der Waals surface area contributed by atoms with Crippen molar-refractivity contribution in [2.75, 3.05) is 6.61 Å². The van der Waals surface area contributed by atoms with Crippen LogP contribution in [0.1, 0.15) is 38.3 Å². The van der Waals surface area contributed by atoms with Crippen LogP contribution >= 0.6 is 0 Å². The number of esters is 2. The second-order valence-corrected chi connectivity index (χ2v) is 8.61. The number of carbonyl (C=O) groups is 4. The van der Waals surface area contributed by atoms with Crippen molar-refractivity contribution in [1.29, 1.82) is 0 Å². The molecule has 0 bridgehead atoms. The van der Waals surface area contributed by atoms with Gasteiger partial charge in [0.1, 0.15) is 25.0 Å². The summed E-state index contributed by atoms with van der Waals surface area (Å²) in [5.74, 6) is -8.97. The predicted octanol–water partition coefficient (Wildman–Crippen LogP) is 3.36. The minimum atomic E-state index is -4.23. The van der Waals surface area contributed by atoms with Crippen molar-refractivity contribution in [3.8, 4) is 0 Å². The molecule has 36 heavy (non-hydrogen) atoms. The molecule has 2 aliphatic heterocycles. The molecule has 0 aliphatic carbocycles. The molecule has 8 nitrogen and oxygen atoms in total. The molecule has 2 aliphatic rings. The molecule has 2 heterocycles. The molecule has 0 saturated carbocycles. The van der Waals surface area contributed by atoms with Crippen molar-refractivity contribution >= 4 is 23.6 Å². The third-order valence-corrected chi connectivity index (χ3v) is 5.90. The molecule has 0 spiro atoms. The number of ether oxygens (including phenoxy) is 3. The Hall–Kier alpha value is -3.92. The Bertz CT molecular complexity index is 1210. The van der Waals surface area contributed by atoms with Crippen LogP contribution in [0.2, 0.25) is 0 Å². The summed E-state index contributed by atoms with van der Waals surface area (Å²) < 4.78 is 44.7. The Morgan fingerprint density at radius 2 is 1.53 bits per heavy atom. The minimum Gasteiger partial charge on any atom is -0.459 e. The number of alkyl halides is 2. The number of hydrogen-bond acceptors (Lipinski definition) is 7. The number of benzene rings is 2. The van der Waals surface area contributed by atoms with E-state index in [-0.39, 0.29) is 24.2 Å². The van der Waals surface area contributed by atoms with E-state index in [1.165, 1.54) is 0 Å². The average molecular weight is 499 g/mol. The Morgan fingerprint density at radius 1 is 0.972 bits per heavy atom. The van der Waals surface area contributed by atoms with Crippen LogP contribution in [0.25, 0.3) is 0 Å². The van der Waals surface area contributed by atoms with E-state index in [0.29, 0.717) is 11.0 Å². The maximum Gasteiger partial charge on any atom is 0.386 e. The number of halogens is 2. The third kappa shape index (κ3) is 5.18. The largest absolute Gasteiger partial charge is 0.459 e. The van der Waals surface area contributed by atoms with Crippen molar-refractivity contribution < 1.29 is 42.2 Å². The zero-order valence-corrected chi connectivity index (χ0v) is 19.5. The summed E-state index contributed by atoms with van der Waals surface area (Å²) >= 11 is 0. The van der Waals surface area contributed by atoms with E-state index in [0.717, 1.165) is 17.3 Å². The molecule has 4 rings (SSSR count). The highest BCUT2D eigenvalue weighted by Crippen LogP contribution is 2.32. The summed E-state index contributed by atoms with van der Waals surface area (Å²) in [6.45, 7) is 3.35. The van der Waals surface area contributed by atoms with Gasteiger partial charge in [0.15, 0.2) is 0 Å². The second-order valence-electron chi connectivity index (χ2n) is 8.61. The number of ketones is 1. The summed E-state index contributed by atoms with van der Waals surface area (Å²) in [4.78, 5) is 49.4.